The van der Waals surface area contributed by atoms with Crippen LogP contribution in [0.15, 0.2) is 36.5 Å². The van der Waals surface area contributed by atoms with Gasteiger partial charge in [0.15, 0.2) is 0 Å². The molecule has 0 aliphatic rings. The molecule has 8 heteroatoms. The molecule has 1 aromatic heterocycles. The molecule has 0 saturated heterocycles. The highest BCUT2D eigenvalue weighted by molar-refractivity contribution is 6.29. The highest BCUT2D eigenvalue weighted by atomic mass is 35.5. The average Bonchev–Trinajstić information content (AvgIpc) is 2.41. The topological polar surface area (TPSA) is 85.1 Å². The second-order valence-electron chi connectivity index (χ2n) is 3.74. The van der Waals surface area contributed by atoms with Gasteiger partial charge in [-0.2, -0.15) is 0 Å². The quantitative estimate of drug-likeness (QED) is 0.536. The van der Waals surface area contributed by atoms with Crippen molar-refractivity contribution in [3.63, 3.8) is 0 Å². The Labute approximate surface area is 117 Å². The number of hydrogen-bond donors (Lipinski definition) is 1. The van der Waals surface area contributed by atoms with Crippen molar-refractivity contribution in [3.05, 3.63) is 63.2 Å². The lowest BCUT2D eigenvalue weighted by Crippen LogP contribution is -2.13. The number of nitrogens with zero attached hydrogens (tertiary/aromatic N) is 2. The fourth-order valence-electron chi connectivity index (χ4n) is 1.43. The Morgan fingerprint density at radius 1 is 1.35 bits per heavy atom. The van der Waals surface area contributed by atoms with Crippen LogP contribution in [-0.4, -0.2) is 15.8 Å². The summed E-state index contributed by atoms with van der Waals surface area (Å²) in [5, 5.41) is 13.1. The van der Waals surface area contributed by atoms with Crippen LogP contribution in [0.25, 0.3) is 0 Å². The molecule has 0 spiro atoms. The molecular weight excluding hydrogens is 289 g/mol. The Hall–Kier alpha value is -2.54. The number of nitro groups is 1. The lowest BCUT2D eigenvalue weighted by Gasteiger charge is -2.06. The summed E-state index contributed by atoms with van der Waals surface area (Å²) in [6.07, 6.45) is 1.22. The van der Waals surface area contributed by atoms with Crippen LogP contribution in [0.5, 0.6) is 0 Å². The van der Waals surface area contributed by atoms with Crippen molar-refractivity contribution < 1.29 is 14.1 Å². The first-order chi connectivity index (χ1) is 9.47. The molecule has 0 aliphatic heterocycles. The van der Waals surface area contributed by atoms with Crippen molar-refractivity contribution in [2.24, 2.45) is 0 Å². The molecule has 0 fully saturated rings. The monoisotopic (exact) mass is 295 g/mol. The number of pyridine rings is 1. The van der Waals surface area contributed by atoms with Crippen LogP contribution in [0.1, 0.15) is 10.4 Å². The van der Waals surface area contributed by atoms with Crippen LogP contribution >= 0.6 is 11.6 Å². The summed E-state index contributed by atoms with van der Waals surface area (Å²) in [7, 11) is 0. The van der Waals surface area contributed by atoms with Gasteiger partial charge in [-0.05, 0) is 18.2 Å². The molecule has 0 radical (unpaired) electrons. The number of halogens is 2. The summed E-state index contributed by atoms with van der Waals surface area (Å²) >= 11 is 5.58. The molecule has 2 aromatic rings. The molecule has 0 saturated carbocycles. The molecule has 6 nitrogen and oxygen atoms in total. The van der Waals surface area contributed by atoms with Gasteiger partial charge >= 0.3 is 0 Å². The number of carbonyl (C=O) groups excluding carboxylic acids is 1. The van der Waals surface area contributed by atoms with E-state index in [9.17, 15) is 19.3 Å². The second kappa shape index (κ2) is 5.62. The molecular formula is C12H7ClFN3O3. The van der Waals surface area contributed by atoms with Crippen LogP contribution in [0.4, 0.5) is 15.8 Å². The lowest BCUT2D eigenvalue weighted by molar-refractivity contribution is -0.384. The van der Waals surface area contributed by atoms with E-state index in [1.54, 1.807) is 0 Å². The van der Waals surface area contributed by atoms with Crippen molar-refractivity contribution in [1.29, 1.82) is 0 Å². The summed E-state index contributed by atoms with van der Waals surface area (Å²) in [4.78, 5) is 25.5. The normalized spacial score (nSPS) is 10.1. The van der Waals surface area contributed by atoms with Gasteiger partial charge in [0.25, 0.3) is 11.6 Å². The number of non-ortho nitro benzene ring substituents is 1. The van der Waals surface area contributed by atoms with Crippen molar-refractivity contribution in [2.75, 3.05) is 5.32 Å². The van der Waals surface area contributed by atoms with Gasteiger partial charge in [-0.25, -0.2) is 9.37 Å². The number of aromatic nitrogens is 1. The first kappa shape index (κ1) is 13.9. The molecule has 102 valence electrons. The van der Waals surface area contributed by atoms with Gasteiger partial charge in [-0.15, -0.1) is 0 Å². The Kier molecular flexibility index (Phi) is 3.90. The molecule has 0 unspecified atom stereocenters. The Balaban J connectivity index is 2.25. The maximum atomic E-state index is 13.5. The minimum atomic E-state index is -0.772. The van der Waals surface area contributed by atoms with E-state index >= 15 is 0 Å². The van der Waals surface area contributed by atoms with Gasteiger partial charge in [0.2, 0.25) is 0 Å². The first-order valence-electron chi connectivity index (χ1n) is 5.34. The van der Waals surface area contributed by atoms with E-state index in [1.165, 1.54) is 18.3 Å². The summed E-state index contributed by atoms with van der Waals surface area (Å²) in [6.45, 7) is 0. The predicted molar refractivity (Wildman–Crippen MR) is 70.3 cm³/mol. The molecule has 2 rings (SSSR count). The molecule has 1 heterocycles. The SMILES string of the molecule is O=C(Nc1cc([N+](=O)[O-])ccc1F)c1ccc(Cl)nc1. The number of carbonyl (C=O) groups is 1. The Bertz CT molecular complexity index is 676. The Morgan fingerprint density at radius 2 is 2.10 bits per heavy atom. The highest BCUT2D eigenvalue weighted by Gasteiger charge is 2.14. The standard InChI is InChI=1S/C12H7ClFN3O3/c13-11-4-1-7(6-15-11)12(18)16-10-5-8(17(19)20)2-3-9(10)14/h1-6H,(H,16,18). The molecule has 20 heavy (non-hydrogen) atoms. The van der Waals surface area contributed by atoms with Gasteiger partial charge < -0.3 is 5.32 Å². The van der Waals surface area contributed by atoms with Gasteiger partial charge in [0.05, 0.1) is 16.2 Å². The number of anilines is 1. The van der Waals surface area contributed by atoms with E-state index in [2.05, 4.69) is 10.3 Å². The third-order valence-corrected chi connectivity index (χ3v) is 2.62. The molecule has 0 aliphatic carbocycles. The van der Waals surface area contributed by atoms with Crippen LogP contribution in [0.2, 0.25) is 5.15 Å². The van der Waals surface area contributed by atoms with Crippen LogP contribution < -0.4 is 5.32 Å². The number of nitrogens with one attached hydrogen (secondary N) is 1. The molecule has 1 N–H and O–H groups in total. The summed E-state index contributed by atoms with van der Waals surface area (Å²) in [5.74, 6) is -1.42. The third kappa shape index (κ3) is 3.07. The third-order valence-electron chi connectivity index (χ3n) is 2.40. The zero-order valence-electron chi connectivity index (χ0n) is 9.84. The van der Waals surface area contributed by atoms with Crippen molar-refractivity contribution >= 4 is 28.9 Å². The molecule has 1 amide bonds. The van der Waals surface area contributed by atoms with Crippen LogP contribution in [0, 0.1) is 15.9 Å². The fraction of sp³-hybridized carbons (Fsp3) is 0. The van der Waals surface area contributed by atoms with E-state index in [0.29, 0.717) is 0 Å². The maximum Gasteiger partial charge on any atom is 0.271 e. The van der Waals surface area contributed by atoms with E-state index in [4.69, 9.17) is 11.6 Å². The number of nitro benzene ring substituents is 1. The van der Waals surface area contributed by atoms with Crippen LogP contribution in [-0.2, 0) is 0 Å². The largest absolute Gasteiger partial charge is 0.319 e. The number of benzene rings is 1. The smallest absolute Gasteiger partial charge is 0.271 e. The van der Waals surface area contributed by atoms with E-state index in [0.717, 1.165) is 18.2 Å². The first-order valence-corrected chi connectivity index (χ1v) is 5.72. The van der Waals surface area contributed by atoms with Gasteiger partial charge in [-0.1, -0.05) is 11.6 Å². The van der Waals surface area contributed by atoms with Crippen LogP contribution in [0.3, 0.4) is 0 Å². The minimum Gasteiger partial charge on any atom is -0.319 e. The predicted octanol–water partition coefficient (Wildman–Crippen LogP) is 3.03. The van der Waals surface area contributed by atoms with E-state index in [1.807, 2.05) is 0 Å². The lowest BCUT2D eigenvalue weighted by atomic mass is 10.2. The van der Waals surface area contributed by atoms with E-state index in [-0.39, 0.29) is 22.1 Å². The second-order valence-corrected chi connectivity index (χ2v) is 4.13. The molecule has 0 atom stereocenters. The zero-order chi connectivity index (χ0) is 14.7. The number of rotatable bonds is 3. The van der Waals surface area contributed by atoms with Crippen molar-refractivity contribution in [3.8, 4) is 0 Å². The number of amides is 1. The van der Waals surface area contributed by atoms with Gasteiger partial charge in [-0.3, -0.25) is 14.9 Å². The van der Waals surface area contributed by atoms with Crippen molar-refractivity contribution in [2.45, 2.75) is 0 Å². The highest BCUT2D eigenvalue weighted by Crippen LogP contribution is 2.21. The number of hydrogen-bond acceptors (Lipinski definition) is 4. The minimum absolute atomic E-state index is 0.153. The Morgan fingerprint density at radius 3 is 2.70 bits per heavy atom. The zero-order valence-corrected chi connectivity index (χ0v) is 10.6. The average molecular weight is 296 g/mol. The summed E-state index contributed by atoms with van der Waals surface area (Å²) in [6, 6.07) is 5.67. The van der Waals surface area contributed by atoms with Gasteiger partial charge in [0.1, 0.15) is 11.0 Å². The maximum absolute atomic E-state index is 13.5. The summed E-state index contributed by atoms with van der Waals surface area (Å²) < 4.78 is 13.5. The van der Waals surface area contributed by atoms with Crippen molar-refractivity contribution in [1.82, 2.24) is 4.98 Å². The van der Waals surface area contributed by atoms with Gasteiger partial charge in [0, 0.05) is 18.3 Å². The molecule has 1 aromatic carbocycles. The fourth-order valence-corrected chi connectivity index (χ4v) is 1.54. The van der Waals surface area contributed by atoms with E-state index < -0.39 is 16.6 Å². The molecule has 0 bridgehead atoms. The summed E-state index contributed by atoms with van der Waals surface area (Å²) in [5.41, 5.74) is -0.449.